The molecule has 2 atom stereocenters. The summed E-state index contributed by atoms with van der Waals surface area (Å²) in [6, 6.07) is 13.2. The molecule has 1 fully saturated rings. The Labute approximate surface area is 156 Å². The van der Waals surface area contributed by atoms with Crippen LogP contribution in [-0.4, -0.2) is 18.6 Å². The molecule has 0 saturated heterocycles. The minimum Gasteiger partial charge on any atom is -0.339 e. The van der Waals surface area contributed by atoms with Gasteiger partial charge in [0.25, 0.3) is 0 Å². The molecular weight excluding hydrogens is 369 g/mol. The summed E-state index contributed by atoms with van der Waals surface area (Å²) < 4.78 is 42.9. The lowest BCUT2D eigenvalue weighted by molar-refractivity contribution is 0.368. The van der Waals surface area contributed by atoms with Gasteiger partial charge in [-0.05, 0) is 23.1 Å². The Balaban J connectivity index is 1.66. The fourth-order valence-electron chi connectivity index (χ4n) is 3.68. The van der Waals surface area contributed by atoms with E-state index in [1.807, 2.05) is 44.2 Å². The van der Waals surface area contributed by atoms with Gasteiger partial charge in [-0.25, -0.2) is 17.9 Å². The highest BCUT2D eigenvalue weighted by Gasteiger charge is 2.62. The van der Waals surface area contributed by atoms with Gasteiger partial charge in [0.1, 0.15) is 5.82 Å². The zero-order chi connectivity index (χ0) is 19.4. The molecule has 1 saturated carbocycles. The van der Waals surface area contributed by atoms with Crippen LogP contribution >= 0.6 is 0 Å². The van der Waals surface area contributed by atoms with Crippen LogP contribution < -0.4 is 5.14 Å². The molecule has 4 rings (SSSR count). The molecule has 2 unspecified atom stereocenters. The van der Waals surface area contributed by atoms with Gasteiger partial charge in [-0.3, -0.25) is 0 Å². The summed E-state index contributed by atoms with van der Waals surface area (Å²) in [5.74, 6) is -0.0332. The van der Waals surface area contributed by atoms with Crippen LogP contribution in [0.3, 0.4) is 0 Å². The van der Waals surface area contributed by atoms with E-state index < -0.39 is 15.8 Å². The average Bonchev–Trinajstić information content (AvgIpc) is 2.95. The monoisotopic (exact) mass is 387 g/mol. The second kappa shape index (κ2) is 5.97. The van der Waals surface area contributed by atoms with E-state index in [2.05, 4.69) is 10.1 Å². The number of rotatable bonds is 4. The Hall–Kier alpha value is -2.58. The van der Waals surface area contributed by atoms with E-state index in [0.29, 0.717) is 17.3 Å². The minimum absolute atomic E-state index is 0.155. The summed E-state index contributed by atoms with van der Waals surface area (Å²) in [4.78, 5) is 4.24. The number of aromatic nitrogens is 2. The molecule has 6 nitrogen and oxygen atoms in total. The maximum Gasteiger partial charge on any atom is 0.238 e. The van der Waals surface area contributed by atoms with E-state index in [0.717, 1.165) is 11.6 Å². The Bertz CT molecular complexity index is 1110. The van der Waals surface area contributed by atoms with Gasteiger partial charge in [0, 0.05) is 11.5 Å². The first-order valence-corrected chi connectivity index (χ1v) is 9.95. The highest BCUT2D eigenvalue weighted by atomic mass is 32.2. The van der Waals surface area contributed by atoms with Crippen molar-refractivity contribution in [1.29, 1.82) is 0 Å². The van der Waals surface area contributed by atoms with Crippen molar-refractivity contribution in [1.82, 2.24) is 10.1 Å². The molecule has 0 amide bonds. The molecule has 1 heterocycles. The lowest BCUT2D eigenvalue weighted by Crippen LogP contribution is -2.12. The molecule has 3 aromatic rings. The average molecular weight is 387 g/mol. The predicted molar refractivity (Wildman–Crippen MR) is 96.8 cm³/mol. The van der Waals surface area contributed by atoms with E-state index in [1.54, 1.807) is 0 Å². The molecule has 27 heavy (non-hydrogen) atoms. The van der Waals surface area contributed by atoms with Gasteiger partial charge in [-0.15, -0.1) is 0 Å². The smallest absolute Gasteiger partial charge is 0.238 e. The summed E-state index contributed by atoms with van der Waals surface area (Å²) in [5, 5.41) is 9.10. The molecular formula is C19H18FN3O3S. The van der Waals surface area contributed by atoms with Crippen molar-refractivity contribution in [2.45, 2.75) is 30.6 Å². The van der Waals surface area contributed by atoms with E-state index in [4.69, 9.17) is 9.66 Å². The van der Waals surface area contributed by atoms with Gasteiger partial charge in [0.05, 0.1) is 10.8 Å². The van der Waals surface area contributed by atoms with E-state index in [-0.39, 0.29) is 22.1 Å². The van der Waals surface area contributed by atoms with Crippen molar-refractivity contribution >= 4 is 10.0 Å². The minimum atomic E-state index is -3.95. The van der Waals surface area contributed by atoms with E-state index in [1.165, 1.54) is 12.1 Å². The Morgan fingerprint density at radius 3 is 2.44 bits per heavy atom. The standard InChI is InChI=1S/C19H18FN3O3S/c1-19(2)15(13-9-8-12(10-14(13)20)27(21,24)25)16(19)18-22-17(23-26-18)11-6-4-3-5-7-11/h3-10,15-16H,1-2H3,(H2,21,24,25). The number of nitrogens with two attached hydrogens (primary N) is 1. The Morgan fingerprint density at radius 1 is 1.11 bits per heavy atom. The predicted octanol–water partition coefficient (Wildman–Crippen LogP) is 3.43. The molecule has 1 aliphatic rings. The van der Waals surface area contributed by atoms with Crippen molar-refractivity contribution < 1.29 is 17.3 Å². The van der Waals surface area contributed by atoms with Crippen LogP contribution in [-0.2, 0) is 10.0 Å². The molecule has 2 N–H and O–H groups in total. The number of primary sulfonamides is 1. The van der Waals surface area contributed by atoms with Gasteiger partial charge in [-0.2, -0.15) is 4.98 Å². The number of benzene rings is 2. The van der Waals surface area contributed by atoms with Crippen molar-refractivity contribution in [3.8, 4) is 11.4 Å². The van der Waals surface area contributed by atoms with Gasteiger partial charge in [0.2, 0.25) is 21.7 Å². The molecule has 1 aromatic heterocycles. The molecule has 140 valence electrons. The molecule has 0 radical (unpaired) electrons. The summed E-state index contributed by atoms with van der Waals surface area (Å²) in [5.41, 5.74) is 0.952. The van der Waals surface area contributed by atoms with Crippen LogP contribution in [0.15, 0.2) is 57.9 Å². The Morgan fingerprint density at radius 2 is 1.81 bits per heavy atom. The van der Waals surface area contributed by atoms with Crippen LogP contribution in [0, 0.1) is 11.2 Å². The van der Waals surface area contributed by atoms with Gasteiger partial charge >= 0.3 is 0 Å². The van der Waals surface area contributed by atoms with Crippen molar-refractivity contribution in [3.63, 3.8) is 0 Å². The summed E-state index contributed by atoms with van der Waals surface area (Å²) in [6.45, 7) is 3.98. The molecule has 0 bridgehead atoms. The second-order valence-electron chi connectivity index (χ2n) is 7.33. The van der Waals surface area contributed by atoms with Crippen LogP contribution in [0.25, 0.3) is 11.4 Å². The van der Waals surface area contributed by atoms with Crippen LogP contribution in [0.2, 0.25) is 0 Å². The largest absolute Gasteiger partial charge is 0.339 e. The maximum absolute atomic E-state index is 14.6. The van der Waals surface area contributed by atoms with Crippen LogP contribution in [0.1, 0.15) is 37.1 Å². The fourth-order valence-corrected chi connectivity index (χ4v) is 4.21. The van der Waals surface area contributed by atoms with Crippen molar-refractivity contribution in [2.75, 3.05) is 0 Å². The molecule has 8 heteroatoms. The zero-order valence-electron chi connectivity index (χ0n) is 14.8. The lowest BCUT2D eigenvalue weighted by atomic mass is 10.0. The van der Waals surface area contributed by atoms with Crippen molar-refractivity contribution in [3.05, 3.63) is 65.8 Å². The van der Waals surface area contributed by atoms with Crippen LogP contribution in [0.4, 0.5) is 4.39 Å². The summed E-state index contributed by atoms with van der Waals surface area (Å²) in [7, 11) is -3.95. The third-order valence-corrected chi connectivity index (χ3v) is 6.11. The van der Waals surface area contributed by atoms with E-state index >= 15 is 0 Å². The zero-order valence-corrected chi connectivity index (χ0v) is 15.6. The first-order chi connectivity index (χ1) is 12.7. The topological polar surface area (TPSA) is 99.1 Å². The molecule has 2 aromatic carbocycles. The summed E-state index contributed by atoms with van der Waals surface area (Å²) in [6.07, 6.45) is 0. The first kappa shape index (κ1) is 17.8. The van der Waals surface area contributed by atoms with Crippen molar-refractivity contribution in [2.24, 2.45) is 10.6 Å². The second-order valence-corrected chi connectivity index (χ2v) is 8.89. The molecule has 0 aliphatic heterocycles. The lowest BCUT2D eigenvalue weighted by Gasteiger charge is -2.06. The van der Waals surface area contributed by atoms with Gasteiger partial charge in [-0.1, -0.05) is 55.4 Å². The highest BCUT2D eigenvalue weighted by Crippen LogP contribution is 2.69. The number of hydrogen-bond donors (Lipinski definition) is 1. The van der Waals surface area contributed by atoms with Crippen LogP contribution in [0.5, 0.6) is 0 Å². The number of halogens is 1. The maximum atomic E-state index is 14.6. The first-order valence-electron chi connectivity index (χ1n) is 8.41. The van der Waals surface area contributed by atoms with Gasteiger partial charge < -0.3 is 4.52 Å². The highest BCUT2D eigenvalue weighted by molar-refractivity contribution is 7.89. The van der Waals surface area contributed by atoms with E-state index in [9.17, 15) is 12.8 Å². The third-order valence-electron chi connectivity index (χ3n) is 5.20. The third kappa shape index (κ3) is 3.04. The molecule has 0 spiro atoms. The van der Waals surface area contributed by atoms with Gasteiger partial charge in [0.15, 0.2) is 0 Å². The normalized spacial score (nSPS) is 21.2. The fraction of sp³-hybridized carbons (Fsp3) is 0.263. The SMILES string of the molecule is CC1(C)C(c2nc(-c3ccccc3)no2)C1c1ccc(S(N)(=O)=O)cc1F. The Kier molecular flexibility index (Phi) is 3.94. The number of nitrogens with zero attached hydrogens (tertiary/aromatic N) is 2. The summed E-state index contributed by atoms with van der Waals surface area (Å²) >= 11 is 0. The quantitative estimate of drug-likeness (QED) is 0.739. The number of sulfonamides is 1. The number of hydrogen-bond acceptors (Lipinski definition) is 5. The molecule has 1 aliphatic carbocycles.